The third kappa shape index (κ3) is 4.21. The fourth-order valence-corrected chi connectivity index (χ4v) is 4.20. The second-order valence-electron chi connectivity index (χ2n) is 7.35. The molecule has 0 radical (unpaired) electrons. The number of piperazine rings is 1. The van der Waals surface area contributed by atoms with Crippen LogP contribution in [0.4, 0.5) is 11.4 Å². The third-order valence-corrected chi connectivity index (χ3v) is 6.35. The summed E-state index contributed by atoms with van der Waals surface area (Å²) in [6, 6.07) is 12.7. The highest BCUT2D eigenvalue weighted by atomic mass is 32.2. The van der Waals surface area contributed by atoms with E-state index in [4.69, 9.17) is 9.88 Å². The molecule has 2 N–H and O–H groups in total. The number of hydrogen-bond acceptors (Lipinski definition) is 6. The van der Waals surface area contributed by atoms with Crippen LogP contribution in [0.3, 0.4) is 0 Å². The van der Waals surface area contributed by atoms with Gasteiger partial charge >= 0.3 is 0 Å². The lowest BCUT2D eigenvalue weighted by Crippen LogP contribution is -2.46. The van der Waals surface area contributed by atoms with Crippen molar-refractivity contribution in [2.45, 2.75) is 11.4 Å². The maximum atomic E-state index is 11.7. The molecule has 8 nitrogen and oxygen atoms in total. The summed E-state index contributed by atoms with van der Waals surface area (Å²) in [5.74, 6) is 0.705. The minimum atomic E-state index is -3.67. The predicted molar refractivity (Wildman–Crippen MR) is 111 cm³/mol. The molecule has 29 heavy (non-hydrogen) atoms. The van der Waals surface area contributed by atoms with Gasteiger partial charge in [-0.05, 0) is 42.0 Å². The van der Waals surface area contributed by atoms with Crippen molar-refractivity contribution in [3.8, 4) is 5.75 Å². The number of rotatable bonds is 4. The topological polar surface area (TPSA) is 96.2 Å². The van der Waals surface area contributed by atoms with Gasteiger partial charge in [0.25, 0.3) is 5.91 Å². The smallest absolute Gasteiger partial charge is 0.264 e. The van der Waals surface area contributed by atoms with Gasteiger partial charge in [-0.1, -0.05) is 6.07 Å². The molecule has 0 atom stereocenters. The van der Waals surface area contributed by atoms with Crippen LogP contribution in [0.2, 0.25) is 0 Å². The van der Waals surface area contributed by atoms with Crippen molar-refractivity contribution in [1.29, 1.82) is 0 Å². The summed E-state index contributed by atoms with van der Waals surface area (Å²) in [6.07, 6.45) is 0. The van der Waals surface area contributed by atoms with Crippen LogP contribution in [-0.4, -0.2) is 59.1 Å². The Kier molecular flexibility index (Phi) is 5.20. The van der Waals surface area contributed by atoms with E-state index in [9.17, 15) is 13.2 Å². The molecule has 2 aliphatic rings. The van der Waals surface area contributed by atoms with Gasteiger partial charge in [0.05, 0.1) is 10.6 Å². The number of nitrogens with zero attached hydrogens (tertiary/aromatic N) is 3. The number of amides is 1. The Morgan fingerprint density at radius 2 is 1.72 bits per heavy atom. The molecule has 4 rings (SSSR count). The van der Waals surface area contributed by atoms with Crippen molar-refractivity contribution >= 4 is 27.3 Å². The summed E-state index contributed by atoms with van der Waals surface area (Å²) in [5, 5.41) is 5.16. The van der Waals surface area contributed by atoms with Gasteiger partial charge in [0.2, 0.25) is 10.0 Å². The monoisotopic (exact) mass is 416 g/mol. The molecule has 0 unspecified atom stereocenters. The Hall–Kier alpha value is -2.62. The first-order chi connectivity index (χ1) is 13.8. The fraction of sp³-hybridized carbons (Fsp3) is 0.350. The van der Waals surface area contributed by atoms with Crippen LogP contribution >= 0.6 is 0 Å². The van der Waals surface area contributed by atoms with Crippen LogP contribution in [0, 0.1) is 0 Å². The molecule has 0 aromatic heterocycles. The standard InChI is InChI=1S/C20H24N4O4S/c1-22-18-7-2-15(12-19(18)28-14-20(22)25)13-23-8-10-24(11-9-23)16-3-5-17(6-4-16)29(21,26)27/h2-7,12H,8-11,13-14H2,1H3,(H2,21,26,27). The molecule has 1 fully saturated rings. The molecule has 1 saturated heterocycles. The highest BCUT2D eigenvalue weighted by molar-refractivity contribution is 7.89. The molecule has 154 valence electrons. The van der Waals surface area contributed by atoms with E-state index in [0.717, 1.165) is 55.4 Å². The Bertz CT molecular complexity index is 1020. The Labute approximate surface area is 170 Å². The SMILES string of the molecule is CN1C(=O)COc2cc(CN3CCN(c4ccc(S(N)(=O)=O)cc4)CC3)ccc21. The van der Waals surface area contributed by atoms with Gasteiger partial charge in [0.15, 0.2) is 6.61 Å². The minimum absolute atomic E-state index is 0.0431. The highest BCUT2D eigenvalue weighted by Gasteiger charge is 2.23. The summed E-state index contributed by atoms with van der Waals surface area (Å²) in [6.45, 7) is 4.39. The Morgan fingerprint density at radius 1 is 1.03 bits per heavy atom. The molecule has 9 heteroatoms. The van der Waals surface area contributed by atoms with Gasteiger partial charge in [-0.15, -0.1) is 0 Å². The first-order valence-corrected chi connectivity index (χ1v) is 11.0. The fourth-order valence-electron chi connectivity index (χ4n) is 3.69. The maximum absolute atomic E-state index is 11.7. The van der Waals surface area contributed by atoms with E-state index in [1.807, 2.05) is 18.2 Å². The van der Waals surface area contributed by atoms with Gasteiger partial charge in [0, 0.05) is 45.5 Å². The van der Waals surface area contributed by atoms with Gasteiger partial charge < -0.3 is 14.5 Å². The normalized spacial score (nSPS) is 17.8. The Balaban J connectivity index is 1.36. The van der Waals surface area contributed by atoms with Gasteiger partial charge in [-0.3, -0.25) is 9.69 Å². The lowest BCUT2D eigenvalue weighted by atomic mass is 10.1. The minimum Gasteiger partial charge on any atom is -0.482 e. The summed E-state index contributed by atoms with van der Waals surface area (Å²) in [5.41, 5.74) is 2.95. The molecule has 0 spiro atoms. The number of ether oxygens (including phenoxy) is 1. The van der Waals surface area contributed by atoms with Crippen LogP contribution < -0.4 is 19.7 Å². The van der Waals surface area contributed by atoms with E-state index in [1.54, 1.807) is 36.2 Å². The van der Waals surface area contributed by atoms with E-state index in [-0.39, 0.29) is 17.4 Å². The molecule has 2 aromatic rings. The molecular weight excluding hydrogens is 392 g/mol. The largest absolute Gasteiger partial charge is 0.482 e. The number of nitrogens with two attached hydrogens (primary N) is 1. The van der Waals surface area contributed by atoms with Crippen molar-refractivity contribution in [3.63, 3.8) is 0 Å². The van der Waals surface area contributed by atoms with Crippen LogP contribution in [0.15, 0.2) is 47.4 Å². The van der Waals surface area contributed by atoms with Crippen LogP contribution in [-0.2, 0) is 21.4 Å². The number of benzene rings is 2. The average molecular weight is 417 g/mol. The summed E-state index contributed by atoms with van der Waals surface area (Å²) in [7, 11) is -1.90. The molecule has 2 aromatic carbocycles. The van der Waals surface area contributed by atoms with E-state index in [1.165, 1.54) is 0 Å². The highest BCUT2D eigenvalue weighted by Crippen LogP contribution is 2.32. The number of hydrogen-bond donors (Lipinski definition) is 1. The first-order valence-electron chi connectivity index (χ1n) is 9.44. The number of primary sulfonamides is 1. The van der Waals surface area contributed by atoms with Gasteiger partial charge in [-0.2, -0.15) is 0 Å². The number of carbonyl (C=O) groups excluding carboxylic acids is 1. The lowest BCUT2D eigenvalue weighted by Gasteiger charge is -2.36. The van der Waals surface area contributed by atoms with Crippen LogP contribution in [0.25, 0.3) is 0 Å². The second kappa shape index (κ2) is 7.66. The summed E-state index contributed by atoms with van der Waals surface area (Å²) < 4.78 is 28.4. The van der Waals surface area contributed by atoms with Crippen molar-refractivity contribution < 1.29 is 17.9 Å². The van der Waals surface area contributed by atoms with E-state index < -0.39 is 10.0 Å². The van der Waals surface area contributed by atoms with Gasteiger partial charge in [-0.25, -0.2) is 13.6 Å². The molecule has 0 bridgehead atoms. The average Bonchev–Trinajstić information content (AvgIpc) is 2.71. The molecule has 1 amide bonds. The Morgan fingerprint density at radius 3 is 2.38 bits per heavy atom. The molecule has 0 saturated carbocycles. The molecule has 0 aliphatic carbocycles. The van der Waals surface area contributed by atoms with Gasteiger partial charge in [0.1, 0.15) is 5.75 Å². The maximum Gasteiger partial charge on any atom is 0.264 e. The number of anilines is 2. The van der Waals surface area contributed by atoms with Crippen molar-refractivity contribution in [2.75, 3.05) is 49.6 Å². The predicted octanol–water partition coefficient (Wildman–Crippen LogP) is 1.01. The van der Waals surface area contributed by atoms with Crippen LogP contribution in [0.5, 0.6) is 5.75 Å². The zero-order valence-corrected chi connectivity index (χ0v) is 17.1. The van der Waals surface area contributed by atoms with Crippen molar-refractivity contribution in [1.82, 2.24) is 4.90 Å². The van der Waals surface area contributed by atoms with Crippen molar-refractivity contribution in [3.05, 3.63) is 48.0 Å². The number of sulfonamides is 1. The third-order valence-electron chi connectivity index (χ3n) is 5.42. The lowest BCUT2D eigenvalue weighted by molar-refractivity contribution is -0.120. The van der Waals surface area contributed by atoms with E-state index in [0.29, 0.717) is 0 Å². The molecule has 2 heterocycles. The quantitative estimate of drug-likeness (QED) is 0.799. The number of carbonyl (C=O) groups is 1. The van der Waals surface area contributed by atoms with E-state index >= 15 is 0 Å². The number of fused-ring (bicyclic) bond motifs is 1. The van der Waals surface area contributed by atoms with Crippen LogP contribution in [0.1, 0.15) is 5.56 Å². The molecular formula is C20H24N4O4S. The second-order valence-corrected chi connectivity index (χ2v) is 8.91. The zero-order valence-electron chi connectivity index (χ0n) is 16.2. The summed E-state index contributed by atoms with van der Waals surface area (Å²) in [4.78, 5) is 18.1. The van der Waals surface area contributed by atoms with Crippen molar-refractivity contribution in [2.24, 2.45) is 5.14 Å². The number of likely N-dealkylation sites (N-methyl/N-ethyl adjacent to an activating group) is 1. The first kappa shape index (κ1) is 19.7. The van der Waals surface area contributed by atoms with E-state index in [2.05, 4.69) is 9.80 Å². The zero-order chi connectivity index (χ0) is 20.6. The summed E-state index contributed by atoms with van der Waals surface area (Å²) >= 11 is 0. The molecule has 2 aliphatic heterocycles.